The van der Waals surface area contributed by atoms with Crippen LogP contribution in [0.2, 0.25) is 0 Å². The quantitative estimate of drug-likeness (QED) is 0.578. The molecule has 1 amide bonds. The molecule has 0 aliphatic heterocycles. The number of hydrogen-bond donors (Lipinski definition) is 2. The van der Waals surface area contributed by atoms with Crippen molar-refractivity contribution < 1.29 is 9.53 Å². The zero-order valence-corrected chi connectivity index (χ0v) is 17.5. The maximum absolute atomic E-state index is 12.6. The van der Waals surface area contributed by atoms with Crippen LogP contribution in [0.3, 0.4) is 0 Å². The first-order valence-electron chi connectivity index (χ1n) is 10.7. The van der Waals surface area contributed by atoms with Crippen LogP contribution >= 0.6 is 0 Å². The number of ether oxygens (including phenoxy) is 1. The highest BCUT2D eigenvalue weighted by Gasteiger charge is 2.21. The Labute approximate surface area is 181 Å². The lowest BCUT2D eigenvalue weighted by Crippen LogP contribution is -2.32. The molecule has 160 valence electrons. The highest BCUT2D eigenvalue weighted by atomic mass is 16.5. The van der Waals surface area contributed by atoms with Gasteiger partial charge < -0.3 is 15.0 Å². The molecule has 2 N–H and O–H groups in total. The van der Waals surface area contributed by atoms with Crippen LogP contribution in [0, 0.1) is 5.92 Å². The number of H-pyrrole nitrogens is 1. The van der Waals surface area contributed by atoms with E-state index < -0.39 is 0 Å². The number of nitrogens with zero attached hydrogens (tertiary/aromatic N) is 1. The molecule has 31 heavy (non-hydrogen) atoms. The maximum atomic E-state index is 12.6. The number of aromatic nitrogens is 2. The first-order valence-corrected chi connectivity index (χ1v) is 10.7. The van der Waals surface area contributed by atoms with E-state index in [-0.39, 0.29) is 18.1 Å². The Morgan fingerprint density at radius 3 is 2.52 bits per heavy atom. The zero-order valence-electron chi connectivity index (χ0n) is 17.5. The van der Waals surface area contributed by atoms with Crippen molar-refractivity contribution in [1.29, 1.82) is 0 Å². The predicted molar refractivity (Wildman–Crippen MR) is 120 cm³/mol. The summed E-state index contributed by atoms with van der Waals surface area (Å²) in [5.41, 5.74) is 3.56. The molecular weight excluding hydrogens is 390 g/mol. The summed E-state index contributed by atoms with van der Waals surface area (Å²) in [7, 11) is 0. The van der Waals surface area contributed by atoms with Crippen molar-refractivity contribution in [2.45, 2.75) is 32.3 Å². The average molecular weight is 418 g/mol. The van der Waals surface area contributed by atoms with Gasteiger partial charge in [0.25, 0.3) is 5.56 Å². The topological polar surface area (TPSA) is 84.1 Å². The molecule has 2 aromatic carbocycles. The lowest BCUT2D eigenvalue weighted by molar-refractivity contribution is -0.126. The highest BCUT2D eigenvalue weighted by molar-refractivity contribution is 5.77. The number of aromatic amines is 1. The SMILES string of the molecule is O=C(COCc1ccccc1)NCC1CCc2nc(-c3ccccc3)[nH]c(=O)c2CC1. The van der Waals surface area contributed by atoms with Gasteiger partial charge in [0.15, 0.2) is 0 Å². The number of aryl methyl sites for hydroxylation is 1. The Morgan fingerprint density at radius 2 is 1.74 bits per heavy atom. The van der Waals surface area contributed by atoms with Crippen molar-refractivity contribution in [3.63, 3.8) is 0 Å². The standard InChI is InChI=1S/C25H27N3O3/c29-23(17-31-16-19-7-3-1-4-8-19)26-15-18-11-13-21-22(14-12-18)27-24(28-25(21)30)20-9-5-2-6-10-20/h1-10,18H,11-17H2,(H,26,29)(H,27,28,30). The van der Waals surface area contributed by atoms with E-state index in [2.05, 4.69) is 10.3 Å². The van der Waals surface area contributed by atoms with Crippen molar-refractivity contribution in [2.75, 3.05) is 13.2 Å². The second kappa shape index (κ2) is 10.2. The van der Waals surface area contributed by atoms with Gasteiger partial charge in [0.1, 0.15) is 12.4 Å². The summed E-state index contributed by atoms with van der Waals surface area (Å²) in [6.07, 6.45) is 3.17. The summed E-state index contributed by atoms with van der Waals surface area (Å²) in [6.45, 7) is 1.06. The Morgan fingerprint density at radius 1 is 1.03 bits per heavy atom. The van der Waals surface area contributed by atoms with E-state index >= 15 is 0 Å². The average Bonchev–Trinajstić information content (AvgIpc) is 3.02. The fourth-order valence-electron chi connectivity index (χ4n) is 3.92. The first kappa shape index (κ1) is 21.0. The molecule has 0 bridgehead atoms. The molecule has 1 aliphatic carbocycles. The molecule has 3 aromatic rings. The van der Waals surface area contributed by atoms with Gasteiger partial charge in [0.2, 0.25) is 5.91 Å². The molecule has 4 rings (SSSR count). The third-order valence-electron chi connectivity index (χ3n) is 5.67. The molecule has 0 spiro atoms. The van der Waals surface area contributed by atoms with E-state index in [4.69, 9.17) is 9.72 Å². The number of nitrogens with one attached hydrogen (secondary N) is 2. The van der Waals surface area contributed by atoms with E-state index in [1.807, 2.05) is 60.7 Å². The van der Waals surface area contributed by atoms with Crippen LogP contribution in [-0.4, -0.2) is 29.0 Å². The predicted octanol–water partition coefficient (Wildman–Crippen LogP) is 3.26. The van der Waals surface area contributed by atoms with E-state index in [0.29, 0.717) is 31.3 Å². The minimum absolute atomic E-state index is 0.0451. The van der Waals surface area contributed by atoms with Gasteiger partial charge in [-0.2, -0.15) is 0 Å². The molecule has 1 aliphatic rings. The van der Waals surface area contributed by atoms with Gasteiger partial charge in [-0.3, -0.25) is 9.59 Å². The van der Waals surface area contributed by atoms with Gasteiger partial charge in [0, 0.05) is 17.7 Å². The van der Waals surface area contributed by atoms with E-state index in [0.717, 1.165) is 41.6 Å². The maximum Gasteiger partial charge on any atom is 0.254 e. The van der Waals surface area contributed by atoms with Crippen LogP contribution in [0.5, 0.6) is 0 Å². The summed E-state index contributed by atoms with van der Waals surface area (Å²) < 4.78 is 5.50. The Kier molecular flexibility index (Phi) is 6.89. The number of fused-ring (bicyclic) bond motifs is 1. The first-order chi connectivity index (χ1) is 15.2. The molecular formula is C25H27N3O3. The fraction of sp³-hybridized carbons (Fsp3) is 0.320. The van der Waals surface area contributed by atoms with Gasteiger partial charge >= 0.3 is 0 Å². The van der Waals surface area contributed by atoms with Gasteiger partial charge in [-0.1, -0.05) is 60.7 Å². The lowest BCUT2D eigenvalue weighted by atomic mass is 10.00. The number of hydrogen-bond acceptors (Lipinski definition) is 4. The van der Waals surface area contributed by atoms with Gasteiger partial charge in [0.05, 0.1) is 12.3 Å². The van der Waals surface area contributed by atoms with E-state index in [9.17, 15) is 9.59 Å². The van der Waals surface area contributed by atoms with Crippen molar-refractivity contribution in [3.05, 3.63) is 87.8 Å². The molecule has 1 atom stereocenters. The molecule has 0 radical (unpaired) electrons. The van der Waals surface area contributed by atoms with Crippen molar-refractivity contribution in [2.24, 2.45) is 5.92 Å². The lowest BCUT2D eigenvalue weighted by Gasteiger charge is -2.14. The molecule has 1 heterocycles. The summed E-state index contributed by atoms with van der Waals surface area (Å²) >= 11 is 0. The monoisotopic (exact) mass is 417 g/mol. The molecule has 6 nitrogen and oxygen atoms in total. The largest absolute Gasteiger partial charge is 0.367 e. The molecule has 6 heteroatoms. The number of rotatable bonds is 7. The van der Waals surface area contributed by atoms with E-state index in [1.165, 1.54) is 0 Å². The van der Waals surface area contributed by atoms with Crippen LogP contribution in [0.4, 0.5) is 0 Å². The highest BCUT2D eigenvalue weighted by Crippen LogP contribution is 2.23. The number of amides is 1. The van der Waals surface area contributed by atoms with Crippen LogP contribution < -0.4 is 10.9 Å². The van der Waals surface area contributed by atoms with Crippen LogP contribution in [-0.2, 0) is 29.0 Å². The van der Waals surface area contributed by atoms with Crippen molar-refractivity contribution >= 4 is 5.91 Å². The van der Waals surface area contributed by atoms with Gasteiger partial charge in [-0.25, -0.2) is 4.98 Å². The molecule has 1 aromatic heterocycles. The minimum atomic E-state index is -0.111. The second-order valence-electron chi connectivity index (χ2n) is 7.93. The third-order valence-corrected chi connectivity index (χ3v) is 5.67. The second-order valence-corrected chi connectivity index (χ2v) is 7.93. The Bertz CT molecular complexity index is 1060. The number of carbonyl (C=O) groups excluding carboxylic acids is 1. The molecule has 0 saturated carbocycles. The zero-order chi connectivity index (χ0) is 21.5. The van der Waals surface area contributed by atoms with Crippen LogP contribution in [0.25, 0.3) is 11.4 Å². The minimum Gasteiger partial charge on any atom is -0.367 e. The number of carbonyl (C=O) groups is 1. The van der Waals surface area contributed by atoms with Crippen molar-refractivity contribution in [1.82, 2.24) is 15.3 Å². The summed E-state index contributed by atoms with van der Waals surface area (Å²) in [6, 6.07) is 19.5. The van der Waals surface area contributed by atoms with Crippen LogP contribution in [0.15, 0.2) is 65.5 Å². The molecule has 0 fully saturated rings. The smallest absolute Gasteiger partial charge is 0.254 e. The Hall–Kier alpha value is -3.25. The molecule has 0 saturated heterocycles. The molecule has 1 unspecified atom stereocenters. The van der Waals surface area contributed by atoms with E-state index in [1.54, 1.807) is 0 Å². The third kappa shape index (κ3) is 5.67. The fourth-order valence-corrected chi connectivity index (χ4v) is 3.92. The van der Waals surface area contributed by atoms with Crippen molar-refractivity contribution in [3.8, 4) is 11.4 Å². The Balaban J connectivity index is 1.29. The summed E-state index contributed by atoms with van der Waals surface area (Å²) in [4.78, 5) is 32.4. The van der Waals surface area contributed by atoms with Gasteiger partial charge in [-0.15, -0.1) is 0 Å². The summed E-state index contributed by atoms with van der Waals surface area (Å²) in [5, 5.41) is 2.97. The van der Waals surface area contributed by atoms with Crippen LogP contribution in [0.1, 0.15) is 29.7 Å². The number of benzene rings is 2. The summed E-state index contributed by atoms with van der Waals surface area (Å²) in [5.74, 6) is 0.818. The normalized spacial score (nSPS) is 15.7. The van der Waals surface area contributed by atoms with Gasteiger partial charge in [-0.05, 0) is 37.2 Å².